The summed E-state index contributed by atoms with van der Waals surface area (Å²) >= 11 is 0. The summed E-state index contributed by atoms with van der Waals surface area (Å²) in [5.74, 6) is -0.0550. The van der Waals surface area contributed by atoms with Gasteiger partial charge in [-0.3, -0.25) is 4.79 Å². The zero-order valence-electron chi connectivity index (χ0n) is 11.2. The normalized spacial score (nSPS) is 20.4. The van der Waals surface area contributed by atoms with Crippen LogP contribution in [0.5, 0.6) is 0 Å². The van der Waals surface area contributed by atoms with Crippen molar-refractivity contribution in [3.05, 3.63) is 47.0 Å². The number of halogens is 1. The highest BCUT2D eigenvalue weighted by Gasteiger charge is 2.28. The van der Waals surface area contributed by atoms with Crippen molar-refractivity contribution in [1.82, 2.24) is 4.90 Å². The average Bonchev–Trinajstić information content (AvgIpc) is 2.87. The molecule has 0 spiro atoms. The minimum absolute atomic E-state index is 0.0650. The van der Waals surface area contributed by atoms with Crippen LogP contribution in [0.25, 0.3) is 0 Å². The summed E-state index contributed by atoms with van der Waals surface area (Å²) in [5, 5.41) is 9.36. The number of allylic oxidation sites excluding steroid dienone is 1. The summed E-state index contributed by atoms with van der Waals surface area (Å²) in [7, 11) is 0. The number of hydrogen-bond acceptors (Lipinski definition) is 2. The van der Waals surface area contributed by atoms with Crippen LogP contribution in [0.15, 0.2) is 35.6 Å². The van der Waals surface area contributed by atoms with Gasteiger partial charge in [0.25, 0.3) is 5.91 Å². The molecule has 102 valence electrons. The van der Waals surface area contributed by atoms with E-state index in [0.29, 0.717) is 18.7 Å². The molecule has 0 aliphatic carbocycles. The van der Waals surface area contributed by atoms with Gasteiger partial charge in [0, 0.05) is 19.0 Å². The highest BCUT2D eigenvalue weighted by molar-refractivity contribution is 5.93. The highest BCUT2D eigenvalue weighted by Crippen LogP contribution is 2.28. The fourth-order valence-electron chi connectivity index (χ4n) is 2.34. The Labute approximate surface area is 112 Å². The Kier molecular flexibility index (Phi) is 3.88. The topological polar surface area (TPSA) is 40.5 Å². The van der Waals surface area contributed by atoms with Crippen LogP contribution in [0.1, 0.15) is 31.7 Å². The summed E-state index contributed by atoms with van der Waals surface area (Å²) in [4.78, 5) is 13.8. The number of aliphatic hydroxyl groups is 1. The van der Waals surface area contributed by atoms with E-state index in [1.54, 1.807) is 24.0 Å². The molecule has 19 heavy (non-hydrogen) atoms. The Morgan fingerprint density at radius 1 is 1.32 bits per heavy atom. The number of aliphatic hydroxyl groups excluding tert-OH is 1. The Hall–Kier alpha value is -1.84. The standard InChI is InChI=1S/C15H18FNO2/c1-10(11(2)18)15(19)17-8-7-13(9-17)12-3-5-14(16)6-4-12/h3-6,13,18H,7-9H2,1-2H3/b11-10-. The van der Waals surface area contributed by atoms with Gasteiger partial charge < -0.3 is 10.0 Å². The first kappa shape index (κ1) is 13.6. The third kappa shape index (κ3) is 2.95. The lowest BCUT2D eigenvalue weighted by molar-refractivity contribution is -0.126. The minimum atomic E-state index is -0.246. The largest absolute Gasteiger partial charge is 0.512 e. The zero-order valence-corrected chi connectivity index (χ0v) is 11.2. The van der Waals surface area contributed by atoms with Crippen LogP contribution in [0.4, 0.5) is 4.39 Å². The van der Waals surface area contributed by atoms with E-state index in [1.807, 2.05) is 0 Å². The molecule has 1 unspecified atom stereocenters. The molecule has 1 aromatic rings. The van der Waals surface area contributed by atoms with Crippen molar-refractivity contribution in [2.75, 3.05) is 13.1 Å². The van der Waals surface area contributed by atoms with Gasteiger partial charge in [-0.25, -0.2) is 4.39 Å². The number of amides is 1. The third-order valence-electron chi connectivity index (χ3n) is 3.68. The van der Waals surface area contributed by atoms with E-state index < -0.39 is 0 Å². The lowest BCUT2D eigenvalue weighted by Gasteiger charge is -2.17. The predicted octanol–water partition coefficient (Wildman–Crippen LogP) is 2.99. The lowest BCUT2D eigenvalue weighted by atomic mass is 9.99. The number of benzene rings is 1. The molecule has 4 heteroatoms. The molecule has 1 N–H and O–H groups in total. The van der Waals surface area contributed by atoms with Crippen molar-refractivity contribution in [2.45, 2.75) is 26.2 Å². The molecule has 1 heterocycles. The number of carbonyl (C=O) groups excluding carboxylic acids is 1. The maximum atomic E-state index is 12.9. The Morgan fingerprint density at radius 2 is 1.95 bits per heavy atom. The molecule has 3 nitrogen and oxygen atoms in total. The number of likely N-dealkylation sites (tertiary alicyclic amines) is 1. The summed E-state index contributed by atoms with van der Waals surface area (Å²) in [6.07, 6.45) is 0.870. The van der Waals surface area contributed by atoms with Gasteiger partial charge in [-0.05, 0) is 38.0 Å². The van der Waals surface area contributed by atoms with Gasteiger partial charge in [0.05, 0.1) is 11.3 Å². The maximum Gasteiger partial charge on any atom is 0.252 e. The van der Waals surface area contributed by atoms with Gasteiger partial charge in [0.15, 0.2) is 0 Å². The second-order valence-electron chi connectivity index (χ2n) is 5.00. The molecular formula is C15H18FNO2. The molecule has 1 aliphatic heterocycles. The van der Waals surface area contributed by atoms with Gasteiger partial charge in [0.2, 0.25) is 0 Å². The zero-order chi connectivity index (χ0) is 14.0. The van der Waals surface area contributed by atoms with Crippen molar-refractivity contribution < 1.29 is 14.3 Å². The predicted molar refractivity (Wildman–Crippen MR) is 71.3 cm³/mol. The smallest absolute Gasteiger partial charge is 0.252 e. The van der Waals surface area contributed by atoms with Gasteiger partial charge in [-0.2, -0.15) is 0 Å². The fourth-order valence-corrected chi connectivity index (χ4v) is 2.34. The number of hydrogen-bond donors (Lipinski definition) is 1. The Bertz CT molecular complexity index is 503. The molecule has 1 aromatic carbocycles. The Balaban J connectivity index is 2.06. The molecule has 1 saturated heterocycles. The average molecular weight is 263 g/mol. The van der Waals surface area contributed by atoms with E-state index in [2.05, 4.69) is 0 Å². The number of rotatable bonds is 2. The second-order valence-corrected chi connectivity index (χ2v) is 5.00. The number of carbonyl (C=O) groups is 1. The molecule has 1 aliphatic rings. The highest BCUT2D eigenvalue weighted by atomic mass is 19.1. The first-order valence-corrected chi connectivity index (χ1v) is 6.40. The summed E-state index contributed by atoms with van der Waals surface area (Å²) in [5.41, 5.74) is 1.44. The molecule has 0 saturated carbocycles. The van der Waals surface area contributed by atoms with Crippen molar-refractivity contribution in [1.29, 1.82) is 0 Å². The van der Waals surface area contributed by atoms with E-state index >= 15 is 0 Å². The van der Waals surface area contributed by atoms with Crippen LogP contribution in [0.2, 0.25) is 0 Å². The van der Waals surface area contributed by atoms with E-state index in [4.69, 9.17) is 0 Å². The molecule has 0 bridgehead atoms. The van der Waals surface area contributed by atoms with Crippen LogP contribution in [0.3, 0.4) is 0 Å². The fraction of sp³-hybridized carbons (Fsp3) is 0.400. The van der Waals surface area contributed by atoms with Crippen molar-refractivity contribution >= 4 is 5.91 Å². The van der Waals surface area contributed by atoms with E-state index in [9.17, 15) is 14.3 Å². The molecular weight excluding hydrogens is 245 g/mol. The van der Waals surface area contributed by atoms with Crippen LogP contribution >= 0.6 is 0 Å². The van der Waals surface area contributed by atoms with Crippen molar-refractivity contribution in [3.63, 3.8) is 0 Å². The van der Waals surface area contributed by atoms with Gasteiger partial charge in [-0.1, -0.05) is 12.1 Å². The molecule has 0 radical (unpaired) electrons. The van der Waals surface area contributed by atoms with Crippen LogP contribution in [-0.2, 0) is 4.79 Å². The van der Waals surface area contributed by atoms with E-state index in [1.165, 1.54) is 19.1 Å². The minimum Gasteiger partial charge on any atom is -0.512 e. The lowest BCUT2D eigenvalue weighted by Crippen LogP contribution is -2.29. The summed E-state index contributed by atoms with van der Waals surface area (Å²) in [6.45, 7) is 4.43. The quantitative estimate of drug-likeness (QED) is 0.658. The van der Waals surface area contributed by atoms with Gasteiger partial charge in [-0.15, -0.1) is 0 Å². The molecule has 1 atom stereocenters. The molecule has 1 fully saturated rings. The SMILES string of the molecule is C/C(O)=C(\C)C(=O)N1CCC(c2ccc(F)cc2)C1. The van der Waals surface area contributed by atoms with E-state index in [-0.39, 0.29) is 23.4 Å². The summed E-state index contributed by atoms with van der Waals surface area (Å²) in [6, 6.07) is 6.44. The van der Waals surface area contributed by atoms with Crippen molar-refractivity contribution in [3.8, 4) is 0 Å². The monoisotopic (exact) mass is 263 g/mol. The number of nitrogens with zero attached hydrogens (tertiary/aromatic N) is 1. The Morgan fingerprint density at radius 3 is 2.53 bits per heavy atom. The first-order valence-electron chi connectivity index (χ1n) is 6.40. The molecule has 1 amide bonds. The van der Waals surface area contributed by atoms with Crippen LogP contribution in [-0.4, -0.2) is 29.0 Å². The van der Waals surface area contributed by atoms with Crippen LogP contribution < -0.4 is 0 Å². The van der Waals surface area contributed by atoms with E-state index in [0.717, 1.165) is 12.0 Å². The van der Waals surface area contributed by atoms with Crippen LogP contribution in [0, 0.1) is 5.82 Å². The third-order valence-corrected chi connectivity index (χ3v) is 3.68. The molecule has 2 rings (SSSR count). The molecule has 0 aromatic heterocycles. The first-order chi connectivity index (χ1) is 8.99. The maximum absolute atomic E-state index is 12.9. The summed E-state index contributed by atoms with van der Waals surface area (Å²) < 4.78 is 12.9. The van der Waals surface area contributed by atoms with Gasteiger partial charge in [0.1, 0.15) is 5.82 Å². The second kappa shape index (κ2) is 5.43. The van der Waals surface area contributed by atoms with Crippen molar-refractivity contribution in [2.24, 2.45) is 0 Å². The van der Waals surface area contributed by atoms with Gasteiger partial charge >= 0.3 is 0 Å².